The second-order valence-electron chi connectivity index (χ2n) is 7.36. The molecule has 128 valence electrons. The van der Waals surface area contributed by atoms with Crippen LogP contribution in [-0.2, 0) is 14.3 Å². The van der Waals surface area contributed by atoms with Gasteiger partial charge in [0, 0.05) is 18.2 Å². The average Bonchev–Trinajstić information content (AvgIpc) is 2.95. The van der Waals surface area contributed by atoms with Crippen LogP contribution >= 0.6 is 0 Å². The van der Waals surface area contributed by atoms with Gasteiger partial charge in [-0.05, 0) is 51.3 Å². The molecular weight excluding hydrogens is 304 g/mol. The first-order valence-electron chi connectivity index (χ1n) is 8.16. The summed E-state index contributed by atoms with van der Waals surface area (Å²) in [5.41, 5.74) is 4.63. The highest BCUT2D eigenvalue weighted by molar-refractivity contribution is 5.93. The van der Waals surface area contributed by atoms with Crippen LogP contribution in [0.25, 0.3) is 0 Å². The summed E-state index contributed by atoms with van der Waals surface area (Å²) in [7, 11) is 1.38. The van der Waals surface area contributed by atoms with Crippen LogP contribution in [0.15, 0.2) is 23.9 Å². The Kier molecular flexibility index (Phi) is 3.79. The summed E-state index contributed by atoms with van der Waals surface area (Å²) in [5, 5.41) is 3.61. The molecule has 0 aromatic heterocycles. The first kappa shape index (κ1) is 16.7. The number of esters is 1. The Morgan fingerprint density at radius 3 is 2.33 bits per heavy atom. The highest BCUT2D eigenvalue weighted by Crippen LogP contribution is 2.48. The number of carbonyl (C=O) groups excluding carboxylic acids is 2. The van der Waals surface area contributed by atoms with Gasteiger partial charge in [-0.15, -0.1) is 0 Å². The molecule has 1 aromatic carbocycles. The van der Waals surface area contributed by atoms with Crippen LogP contribution in [0.4, 0.5) is 0 Å². The summed E-state index contributed by atoms with van der Waals surface area (Å²) >= 11 is 0. The lowest BCUT2D eigenvalue weighted by Gasteiger charge is -2.37. The average molecular weight is 328 g/mol. The van der Waals surface area contributed by atoms with E-state index in [0.29, 0.717) is 12.0 Å². The largest absolute Gasteiger partial charge is 0.466 e. The van der Waals surface area contributed by atoms with Crippen molar-refractivity contribution in [3.8, 4) is 0 Å². The number of methoxy groups -OCH3 is 1. The molecule has 1 aromatic rings. The van der Waals surface area contributed by atoms with Gasteiger partial charge in [0.05, 0.1) is 18.7 Å². The van der Waals surface area contributed by atoms with Gasteiger partial charge in [-0.3, -0.25) is 4.79 Å². The fraction of sp³-hybridized carbons (Fsp3) is 0.474. The molecule has 3 rings (SSSR count). The van der Waals surface area contributed by atoms with Crippen molar-refractivity contribution in [2.75, 3.05) is 7.11 Å². The predicted octanol–water partition coefficient (Wildman–Crippen LogP) is 2.95. The summed E-state index contributed by atoms with van der Waals surface area (Å²) in [4.78, 5) is 24.8. The van der Waals surface area contributed by atoms with Crippen molar-refractivity contribution in [1.29, 1.82) is 0 Å². The Bertz CT molecular complexity index is 741. The highest BCUT2D eigenvalue weighted by Gasteiger charge is 2.53. The number of fused-ring (bicyclic) bond motifs is 1. The number of carbonyl (C=O) groups is 2. The third kappa shape index (κ3) is 2.35. The summed E-state index contributed by atoms with van der Waals surface area (Å²) in [6, 6.07) is 3.93. The van der Waals surface area contributed by atoms with E-state index < -0.39 is 5.97 Å². The van der Waals surface area contributed by atoms with Crippen LogP contribution in [0, 0.1) is 20.8 Å². The van der Waals surface area contributed by atoms with E-state index in [2.05, 4.69) is 32.9 Å². The number of rotatable bonds is 2. The molecule has 5 heteroatoms. The smallest absolute Gasteiger partial charge is 0.337 e. The normalized spacial score (nSPS) is 22.6. The van der Waals surface area contributed by atoms with Crippen LogP contribution in [0.1, 0.15) is 48.6 Å². The van der Waals surface area contributed by atoms with Crippen LogP contribution in [-0.4, -0.2) is 34.5 Å². The molecule has 1 amide bonds. The minimum atomic E-state index is -0.391. The van der Waals surface area contributed by atoms with Crippen LogP contribution in [0.3, 0.4) is 0 Å². The van der Waals surface area contributed by atoms with Crippen molar-refractivity contribution in [3.63, 3.8) is 0 Å². The minimum absolute atomic E-state index is 0.00585. The van der Waals surface area contributed by atoms with Crippen LogP contribution in [0.5, 0.6) is 0 Å². The number of hydrazine groups is 1. The van der Waals surface area contributed by atoms with E-state index in [9.17, 15) is 9.59 Å². The summed E-state index contributed by atoms with van der Waals surface area (Å²) in [6.07, 6.45) is 2.07. The van der Waals surface area contributed by atoms with Gasteiger partial charge in [0.1, 0.15) is 0 Å². The molecular formula is C19H24N2O3. The fourth-order valence-electron chi connectivity index (χ4n) is 4.07. The molecule has 0 spiro atoms. The molecule has 2 heterocycles. The first-order valence-corrected chi connectivity index (χ1v) is 8.16. The van der Waals surface area contributed by atoms with Gasteiger partial charge in [-0.25, -0.2) is 9.80 Å². The van der Waals surface area contributed by atoms with Gasteiger partial charge < -0.3 is 4.74 Å². The van der Waals surface area contributed by atoms with Gasteiger partial charge in [0.15, 0.2) is 0 Å². The maximum absolute atomic E-state index is 12.4. The molecule has 2 aliphatic heterocycles. The summed E-state index contributed by atoms with van der Waals surface area (Å²) < 4.78 is 4.99. The topological polar surface area (TPSA) is 49.9 Å². The molecule has 0 N–H and O–H groups in total. The van der Waals surface area contributed by atoms with E-state index >= 15 is 0 Å². The Morgan fingerprint density at radius 2 is 1.79 bits per heavy atom. The highest BCUT2D eigenvalue weighted by atomic mass is 16.5. The van der Waals surface area contributed by atoms with Crippen molar-refractivity contribution in [2.24, 2.45) is 0 Å². The first-order chi connectivity index (χ1) is 11.2. The Hall–Kier alpha value is -2.14. The van der Waals surface area contributed by atoms with Crippen molar-refractivity contribution in [2.45, 2.75) is 52.6 Å². The van der Waals surface area contributed by atoms with Crippen molar-refractivity contribution < 1.29 is 14.3 Å². The van der Waals surface area contributed by atoms with E-state index in [0.717, 1.165) is 16.7 Å². The van der Waals surface area contributed by atoms with E-state index in [1.54, 1.807) is 11.2 Å². The predicted molar refractivity (Wildman–Crippen MR) is 90.9 cm³/mol. The van der Waals surface area contributed by atoms with Gasteiger partial charge in [0.25, 0.3) is 0 Å². The number of benzene rings is 1. The van der Waals surface area contributed by atoms with Gasteiger partial charge in [-0.1, -0.05) is 17.7 Å². The van der Waals surface area contributed by atoms with Gasteiger partial charge >= 0.3 is 5.97 Å². The molecule has 0 aliphatic carbocycles. The zero-order valence-electron chi connectivity index (χ0n) is 15.1. The number of hydrogen-bond donors (Lipinski definition) is 0. The standard InChI is InChI=1S/C19H24N2O3/c1-11-7-12(2)16(13(3)8-11)17-14(18(23)24-6)10-20-15(22)9-19(4,5)21(17)20/h7-8,10,17H,9H2,1-6H3. The lowest BCUT2D eigenvalue weighted by atomic mass is 9.88. The summed E-state index contributed by atoms with van der Waals surface area (Å²) in [6.45, 7) is 10.2. The monoisotopic (exact) mass is 328 g/mol. The molecule has 1 unspecified atom stereocenters. The number of hydrogen-bond acceptors (Lipinski definition) is 4. The second kappa shape index (κ2) is 5.45. The quantitative estimate of drug-likeness (QED) is 0.783. The van der Waals surface area contributed by atoms with Crippen molar-refractivity contribution in [3.05, 3.63) is 46.2 Å². The van der Waals surface area contributed by atoms with Crippen LogP contribution < -0.4 is 0 Å². The number of nitrogens with zero attached hydrogens (tertiary/aromatic N) is 2. The zero-order chi connectivity index (χ0) is 17.8. The molecule has 5 nitrogen and oxygen atoms in total. The van der Waals surface area contributed by atoms with E-state index in [4.69, 9.17) is 4.74 Å². The third-order valence-corrected chi connectivity index (χ3v) is 4.92. The molecule has 1 fully saturated rings. The number of ether oxygens (including phenoxy) is 1. The molecule has 1 saturated heterocycles. The third-order valence-electron chi connectivity index (χ3n) is 4.92. The molecule has 0 bridgehead atoms. The Labute approximate surface area is 142 Å². The summed E-state index contributed by atoms with van der Waals surface area (Å²) in [5.74, 6) is -0.385. The number of aryl methyl sites for hydroxylation is 3. The Balaban J connectivity index is 2.21. The number of amides is 1. The molecule has 0 saturated carbocycles. The Morgan fingerprint density at radius 1 is 1.21 bits per heavy atom. The lowest BCUT2D eigenvalue weighted by molar-refractivity contribution is -0.138. The van der Waals surface area contributed by atoms with Gasteiger partial charge in [0.2, 0.25) is 5.91 Å². The maximum Gasteiger partial charge on any atom is 0.337 e. The zero-order valence-corrected chi connectivity index (χ0v) is 15.1. The van der Waals surface area contributed by atoms with Gasteiger partial charge in [-0.2, -0.15) is 5.01 Å². The SMILES string of the molecule is COC(=O)C1=CN2C(=O)CC(C)(C)N2C1c1c(C)cc(C)cc1C. The molecule has 0 radical (unpaired) electrons. The second-order valence-corrected chi connectivity index (χ2v) is 7.36. The maximum atomic E-state index is 12.4. The van der Waals surface area contributed by atoms with E-state index in [-0.39, 0.29) is 17.5 Å². The molecule has 1 atom stereocenters. The van der Waals surface area contributed by atoms with Crippen LogP contribution in [0.2, 0.25) is 0 Å². The van der Waals surface area contributed by atoms with Crippen molar-refractivity contribution >= 4 is 11.9 Å². The fourth-order valence-corrected chi connectivity index (χ4v) is 4.07. The van der Waals surface area contributed by atoms with E-state index in [1.807, 2.05) is 18.9 Å². The lowest BCUT2D eigenvalue weighted by Crippen LogP contribution is -2.44. The molecule has 2 aliphatic rings. The van der Waals surface area contributed by atoms with E-state index in [1.165, 1.54) is 12.7 Å². The molecule has 24 heavy (non-hydrogen) atoms. The van der Waals surface area contributed by atoms with Crippen molar-refractivity contribution in [1.82, 2.24) is 10.0 Å². The minimum Gasteiger partial charge on any atom is -0.466 e.